The van der Waals surface area contributed by atoms with Crippen molar-refractivity contribution in [1.29, 1.82) is 5.26 Å². The third-order valence-corrected chi connectivity index (χ3v) is 13.3. The Morgan fingerprint density at radius 1 is 0.918 bits per heavy atom. The first-order valence-corrected chi connectivity index (χ1v) is 21.4. The quantitative estimate of drug-likeness (QED) is 0.0519. The maximum absolute atomic E-state index is 18.5. The van der Waals surface area contributed by atoms with Crippen LogP contribution in [0.2, 0.25) is 0 Å². The second-order valence-corrected chi connectivity index (χ2v) is 17.0. The number of imidazole rings is 1. The Morgan fingerprint density at radius 3 is 2.11 bits per heavy atom. The van der Waals surface area contributed by atoms with Crippen molar-refractivity contribution in [2.45, 2.75) is 81.9 Å². The van der Waals surface area contributed by atoms with Crippen molar-refractivity contribution in [3.8, 4) is 11.8 Å². The maximum atomic E-state index is 18.5. The number of rotatable bonds is 17. The molecule has 6 atom stereocenters. The first-order valence-electron chi connectivity index (χ1n) is 20.3. The minimum absolute atomic E-state index is 0.00568. The van der Waals surface area contributed by atoms with Gasteiger partial charge in [-0.1, -0.05) is 91.0 Å². The van der Waals surface area contributed by atoms with Gasteiger partial charge in [0.1, 0.15) is 29.8 Å². The molecule has 3 heterocycles. The molecule has 4 aromatic carbocycles. The minimum Gasteiger partial charge on any atom is -0.497 e. The predicted octanol–water partition coefficient (Wildman–Crippen LogP) is 8.32. The maximum Gasteiger partial charge on any atom is 0.259 e. The molecule has 2 fully saturated rings. The summed E-state index contributed by atoms with van der Waals surface area (Å²) in [6.45, 7) is 8.37. The number of carbonyl (C=O) groups is 1. The highest BCUT2D eigenvalue weighted by atomic mass is 31.2. The van der Waals surface area contributed by atoms with E-state index in [1.54, 1.807) is 35.9 Å². The summed E-state index contributed by atoms with van der Waals surface area (Å²) >= 11 is 0. The molecule has 61 heavy (non-hydrogen) atoms. The van der Waals surface area contributed by atoms with Gasteiger partial charge >= 0.3 is 0 Å². The Kier molecular flexibility index (Phi) is 12.2. The molecule has 0 bridgehead atoms. The smallest absolute Gasteiger partial charge is 0.259 e. The molecular formula is C46H48FN8O5P. The van der Waals surface area contributed by atoms with E-state index < -0.39 is 44.2 Å². The third kappa shape index (κ3) is 7.78. The van der Waals surface area contributed by atoms with Crippen LogP contribution in [0.25, 0.3) is 11.2 Å². The number of hydrogen-bond donors (Lipinski definition) is 2. The van der Waals surface area contributed by atoms with Crippen molar-refractivity contribution in [3.05, 3.63) is 150 Å². The van der Waals surface area contributed by atoms with Crippen LogP contribution in [0.15, 0.2) is 128 Å². The topological polar surface area (TPSA) is 149 Å². The zero-order chi connectivity index (χ0) is 42.7. The molecule has 1 saturated heterocycles. The molecule has 8 rings (SSSR count). The number of nitrogens with one attached hydrogen (secondary N) is 2. The number of aromatic nitrogens is 4. The molecule has 1 saturated carbocycles. The van der Waals surface area contributed by atoms with Crippen LogP contribution < -0.4 is 15.4 Å². The van der Waals surface area contributed by atoms with E-state index in [0.717, 1.165) is 16.7 Å². The van der Waals surface area contributed by atoms with Crippen LogP contribution in [0.5, 0.6) is 5.75 Å². The van der Waals surface area contributed by atoms with E-state index in [1.165, 1.54) is 12.7 Å². The fraction of sp³-hybridized carbons (Fsp3) is 0.326. The molecule has 2 aromatic heterocycles. The Morgan fingerprint density at radius 2 is 1.52 bits per heavy atom. The van der Waals surface area contributed by atoms with Crippen molar-refractivity contribution >= 4 is 31.4 Å². The van der Waals surface area contributed by atoms with Gasteiger partial charge < -0.3 is 23.8 Å². The molecular weight excluding hydrogens is 795 g/mol. The highest BCUT2D eigenvalue weighted by molar-refractivity contribution is 7.44. The van der Waals surface area contributed by atoms with Gasteiger partial charge in [0.05, 0.1) is 38.1 Å². The molecule has 2 unspecified atom stereocenters. The summed E-state index contributed by atoms with van der Waals surface area (Å²) in [7, 11) is -0.180. The molecule has 1 aliphatic heterocycles. The number of nitriles is 1. The molecule has 0 spiro atoms. The van der Waals surface area contributed by atoms with E-state index in [4.69, 9.17) is 18.5 Å². The first kappa shape index (κ1) is 42.1. The van der Waals surface area contributed by atoms with Crippen molar-refractivity contribution in [1.82, 2.24) is 29.5 Å². The van der Waals surface area contributed by atoms with Crippen LogP contribution in [-0.2, 0) is 19.3 Å². The van der Waals surface area contributed by atoms with Crippen LogP contribution in [-0.4, -0.2) is 79.8 Å². The van der Waals surface area contributed by atoms with Gasteiger partial charge in [0.25, 0.3) is 14.4 Å². The van der Waals surface area contributed by atoms with E-state index in [2.05, 4.69) is 64.0 Å². The summed E-state index contributed by atoms with van der Waals surface area (Å²) in [6, 6.07) is 38.5. The average molecular weight is 843 g/mol. The summed E-state index contributed by atoms with van der Waals surface area (Å²) in [5, 5.41) is 16.2. The number of nitrogens with zero attached hydrogens (tertiary/aromatic N) is 6. The highest BCUT2D eigenvalue weighted by Gasteiger charge is 2.81. The SMILES string of the molecule is COc1ccc(C(N[C@]23C(OP(OCCC#N)N(C(C)C)C(C)C)[C@H]2O[C@@H](n2cnc4c(NC(=O)c5ccccc5)ncnc42)[C@@H]3F)(c2ccccc2)c2ccccc2)cc1. The molecule has 2 aliphatic rings. The molecule has 15 heteroatoms. The lowest BCUT2D eigenvalue weighted by atomic mass is 9.76. The average Bonchev–Trinajstić information content (AvgIpc) is 3.49. The van der Waals surface area contributed by atoms with Crippen molar-refractivity contribution in [2.24, 2.45) is 0 Å². The predicted molar refractivity (Wildman–Crippen MR) is 230 cm³/mol. The van der Waals surface area contributed by atoms with E-state index in [9.17, 15) is 10.1 Å². The summed E-state index contributed by atoms with van der Waals surface area (Å²) in [4.78, 5) is 26.6. The van der Waals surface area contributed by atoms with Gasteiger partial charge in [-0.2, -0.15) is 5.26 Å². The normalized spacial score (nSPS) is 21.4. The van der Waals surface area contributed by atoms with Gasteiger partial charge in [0.15, 0.2) is 29.4 Å². The summed E-state index contributed by atoms with van der Waals surface area (Å²) in [5.41, 5.74) is 0.915. The lowest BCUT2D eigenvalue weighted by molar-refractivity contribution is -0.0427. The number of anilines is 1. The zero-order valence-electron chi connectivity index (χ0n) is 34.6. The van der Waals surface area contributed by atoms with Gasteiger partial charge in [-0.25, -0.2) is 24.0 Å². The van der Waals surface area contributed by atoms with E-state index in [1.807, 2.05) is 91.0 Å². The van der Waals surface area contributed by atoms with Gasteiger partial charge in [0, 0.05) is 17.6 Å². The van der Waals surface area contributed by atoms with Crippen LogP contribution in [0, 0.1) is 11.3 Å². The van der Waals surface area contributed by atoms with Gasteiger partial charge in [-0.05, 0) is 68.7 Å². The number of hydrogen-bond acceptors (Lipinski definition) is 11. The lowest BCUT2D eigenvalue weighted by Crippen LogP contribution is -2.57. The Balaban J connectivity index is 1.25. The number of carbonyl (C=O) groups excluding carboxylic acids is 1. The standard InChI is InChI=1S/C46H48FN8O5P/c1-30(2)55(31(3)4)61(58-27-15-26-48)60-40-39-46(40,53-45(33-18-11-7-12-19-33,34-20-13-8-14-21-34)35-22-24-36(57-5)25-23-35)38(47)44(59-39)54-29-51-37-41(49-28-50-42(37)54)52-43(56)32-16-9-6-10-17-32/h6-14,16-25,28-31,38-40,44,53H,15,27H2,1-5H3,(H,49,50,52,56)/t38-,39+,40?,44+,46-,61?/m0/s1. The number of alkyl halides is 1. The van der Waals surface area contributed by atoms with Gasteiger partial charge in [-0.15, -0.1) is 0 Å². The second kappa shape index (κ2) is 17.8. The molecule has 13 nitrogen and oxygen atoms in total. The van der Waals surface area contributed by atoms with Crippen LogP contribution >= 0.6 is 8.53 Å². The minimum atomic E-state index is -1.80. The van der Waals surface area contributed by atoms with E-state index in [-0.39, 0.29) is 48.0 Å². The summed E-state index contributed by atoms with van der Waals surface area (Å²) in [6.07, 6.45) is -1.72. The molecule has 0 radical (unpaired) electrons. The molecule has 1 aliphatic carbocycles. The number of fused-ring (bicyclic) bond motifs is 2. The van der Waals surface area contributed by atoms with Gasteiger partial charge in [-0.3, -0.25) is 14.7 Å². The molecule has 314 valence electrons. The monoisotopic (exact) mass is 842 g/mol. The van der Waals surface area contributed by atoms with Crippen molar-refractivity contribution in [3.63, 3.8) is 0 Å². The molecule has 2 N–H and O–H groups in total. The Bertz CT molecular complexity index is 2430. The fourth-order valence-electron chi connectivity index (χ4n) is 8.40. The van der Waals surface area contributed by atoms with Crippen LogP contribution in [0.4, 0.5) is 10.2 Å². The lowest BCUT2D eigenvalue weighted by Gasteiger charge is -2.42. The number of methoxy groups -OCH3 is 1. The fourth-order valence-corrected chi connectivity index (χ4v) is 10.2. The highest BCUT2D eigenvalue weighted by Crippen LogP contribution is 2.64. The zero-order valence-corrected chi connectivity index (χ0v) is 35.4. The summed E-state index contributed by atoms with van der Waals surface area (Å²) in [5.74, 6) is 0.479. The van der Waals surface area contributed by atoms with E-state index >= 15 is 4.39 Å². The Hall–Kier alpha value is -5.65. The number of amides is 1. The van der Waals surface area contributed by atoms with Crippen molar-refractivity contribution < 1.29 is 27.7 Å². The molecule has 1 amide bonds. The largest absolute Gasteiger partial charge is 0.497 e. The van der Waals surface area contributed by atoms with Crippen molar-refractivity contribution in [2.75, 3.05) is 19.0 Å². The van der Waals surface area contributed by atoms with Gasteiger partial charge in [0.2, 0.25) is 0 Å². The second-order valence-electron chi connectivity index (χ2n) is 15.6. The first-order chi connectivity index (χ1) is 29.6. The number of ether oxygens (including phenoxy) is 2. The van der Waals surface area contributed by atoms with Crippen LogP contribution in [0.1, 0.15) is 67.4 Å². The Labute approximate surface area is 355 Å². The number of benzene rings is 4. The third-order valence-electron chi connectivity index (χ3n) is 11.2. The number of halogens is 1. The van der Waals surface area contributed by atoms with E-state index in [0.29, 0.717) is 11.3 Å². The molecule has 6 aromatic rings. The summed E-state index contributed by atoms with van der Waals surface area (Å²) < 4.78 is 47.9. The van der Waals surface area contributed by atoms with Crippen LogP contribution in [0.3, 0.4) is 0 Å².